The number of rotatable bonds is 5. The fraction of sp³-hybridized carbons (Fsp3) is 0.312. The third-order valence-electron chi connectivity index (χ3n) is 7.32. The van der Waals surface area contributed by atoms with E-state index < -0.39 is 5.60 Å². The summed E-state index contributed by atoms with van der Waals surface area (Å²) >= 11 is 6.50. The van der Waals surface area contributed by atoms with Gasteiger partial charge in [-0.3, -0.25) is 4.98 Å². The Morgan fingerprint density at radius 2 is 1.93 bits per heavy atom. The summed E-state index contributed by atoms with van der Waals surface area (Å²) in [6.45, 7) is 7.31. The molecule has 2 aromatic heterocycles. The molecule has 1 saturated carbocycles. The third-order valence-corrected chi connectivity index (χ3v) is 7.62. The molecule has 9 nitrogen and oxygen atoms in total. The third kappa shape index (κ3) is 6.04. The number of fused-ring (bicyclic) bond motifs is 2. The Kier molecular flexibility index (Phi) is 7.25. The average molecular weight is 583 g/mol. The summed E-state index contributed by atoms with van der Waals surface area (Å²) in [6.07, 6.45) is 2.97. The first-order chi connectivity index (χ1) is 20.1. The molecule has 2 fully saturated rings. The number of likely N-dealkylation sites (tertiary alicyclic amines) is 1. The second-order valence-electron chi connectivity index (χ2n) is 11.6. The number of hydrogen-bond donors (Lipinski definition) is 2. The summed E-state index contributed by atoms with van der Waals surface area (Å²) in [5.74, 6) is 8.80. The molecule has 3 heterocycles. The minimum atomic E-state index is -0.497. The van der Waals surface area contributed by atoms with Crippen LogP contribution in [-0.2, 0) is 11.3 Å². The molecule has 0 bridgehead atoms. The fourth-order valence-electron chi connectivity index (χ4n) is 5.17. The normalized spacial score (nSPS) is 19.0. The Labute approximate surface area is 249 Å². The molecule has 1 amide bonds. The van der Waals surface area contributed by atoms with Gasteiger partial charge in [-0.1, -0.05) is 29.5 Å². The zero-order chi connectivity index (χ0) is 29.4. The number of carbonyl (C=O) groups excluding carboxylic acids is 1. The minimum Gasteiger partial charge on any atom is -0.486 e. The lowest BCUT2D eigenvalue weighted by atomic mass is 10.1. The number of halogens is 1. The van der Waals surface area contributed by atoms with Crippen molar-refractivity contribution in [1.29, 1.82) is 0 Å². The summed E-state index contributed by atoms with van der Waals surface area (Å²) in [7, 11) is 0. The van der Waals surface area contributed by atoms with Gasteiger partial charge in [0.15, 0.2) is 0 Å². The molecule has 3 atom stereocenters. The smallest absolute Gasteiger partial charge is 0.410 e. The number of nitrogens with one attached hydrogen (secondary N) is 1. The number of amides is 1. The van der Waals surface area contributed by atoms with Crippen molar-refractivity contribution in [2.75, 3.05) is 24.1 Å². The number of benzene rings is 2. The molecule has 2 aromatic carbocycles. The summed E-state index contributed by atoms with van der Waals surface area (Å²) in [6, 6.07) is 14.8. The van der Waals surface area contributed by atoms with Gasteiger partial charge in [0, 0.05) is 47.5 Å². The van der Waals surface area contributed by atoms with Crippen molar-refractivity contribution in [3.05, 3.63) is 77.3 Å². The molecule has 214 valence electrons. The first kappa shape index (κ1) is 27.6. The van der Waals surface area contributed by atoms with Gasteiger partial charge in [0.1, 0.15) is 30.1 Å². The minimum absolute atomic E-state index is 0.252. The number of nitrogens with two attached hydrogens (primary N) is 1. The van der Waals surface area contributed by atoms with Crippen LogP contribution < -0.4 is 15.8 Å². The van der Waals surface area contributed by atoms with Crippen LogP contribution in [0.5, 0.6) is 5.75 Å². The van der Waals surface area contributed by atoms with Crippen LogP contribution >= 0.6 is 11.6 Å². The van der Waals surface area contributed by atoms with Gasteiger partial charge in [-0.05, 0) is 75.1 Å². The molecule has 1 aliphatic carbocycles. The van der Waals surface area contributed by atoms with Crippen LogP contribution in [0.15, 0.2) is 61.1 Å². The Morgan fingerprint density at radius 1 is 1.12 bits per heavy atom. The Hall–Kier alpha value is -4.55. The van der Waals surface area contributed by atoms with E-state index in [1.54, 1.807) is 23.2 Å². The standard InChI is InChI=1S/C32H31ClN6O3/c1-32(2,3)42-31(40)39-15-24-22(25(24)16-39)9-7-19-12-28-23(14-27(19)34)30(37-18-36-28)38-20-8-10-29(26(33)13-20)41-17-21-6-4-5-11-35-21/h4-6,8,10-14,18,22,24-25H,15-17,34H2,1-3H3,(H,36,37,38)/t22?,24-,25+. The number of ether oxygens (including phenoxy) is 2. The van der Waals surface area contributed by atoms with Gasteiger partial charge in [-0.2, -0.15) is 0 Å². The predicted octanol–water partition coefficient (Wildman–Crippen LogP) is 6.05. The summed E-state index contributed by atoms with van der Waals surface area (Å²) in [5.41, 5.74) is 9.47. The zero-order valence-corrected chi connectivity index (χ0v) is 24.4. The number of aromatic nitrogens is 3. The molecule has 1 unspecified atom stereocenters. The van der Waals surface area contributed by atoms with Gasteiger partial charge in [0.2, 0.25) is 0 Å². The molecule has 0 spiro atoms. The van der Waals surface area contributed by atoms with Crippen molar-refractivity contribution in [2.24, 2.45) is 17.8 Å². The number of nitrogen functional groups attached to an aromatic ring is 1. The van der Waals surface area contributed by atoms with Gasteiger partial charge in [0.05, 0.1) is 16.2 Å². The van der Waals surface area contributed by atoms with Crippen molar-refractivity contribution >= 4 is 45.8 Å². The highest BCUT2D eigenvalue weighted by molar-refractivity contribution is 6.32. The van der Waals surface area contributed by atoms with Crippen molar-refractivity contribution in [3.8, 4) is 17.6 Å². The first-order valence-corrected chi connectivity index (χ1v) is 14.2. The summed E-state index contributed by atoms with van der Waals surface area (Å²) in [4.78, 5) is 27.3. The Morgan fingerprint density at radius 3 is 2.64 bits per heavy atom. The maximum Gasteiger partial charge on any atom is 0.410 e. The highest BCUT2D eigenvalue weighted by Gasteiger charge is 2.56. The second-order valence-corrected chi connectivity index (χ2v) is 12.0. The number of piperidine rings is 1. The maximum atomic E-state index is 12.4. The molecule has 42 heavy (non-hydrogen) atoms. The first-order valence-electron chi connectivity index (χ1n) is 13.8. The lowest BCUT2D eigenvalue weighted by Gasteiger charge is -2.25. The van der Waals surface area contributed by atoms with Gasteiger partial charge in [-0.15, -0.1) is 0 Å². The lowest BCUT2D eigenvalue weighted by molar-refractivity contribution is 0.0269. The molecule has 1 aliphatic heterocycles. The number of hydrogen-bond acceptors (Lipinski definition) is 8. The van der Waals surface area contributed by atoms with Crippen LogP contribution in [0.4, 0.5) is 22.0 Å². The maximum absolute atomic E-state index is 12.4. The van der Waals surface area contributed by atoms with Crippen LogP contribution in [-0.4, -0.2) is 44.6 Å². The van der Waals surface area contributed by atoms with E-state index in [9.17, 15) is 4.79 Å². The van der Waals surface area contributed by atoms with Crippen LogP contribution in [0.2, 0.25) is 5.02 Å². The molecule has 0 radical (unpaired) electrons. The molecular weight excluding hydrogens is 552 g/mol. The topological polar surface area (TPSA) is 115 Å². The van der Waals surface area contributed by atoms with E-state index in [1.165, 1.54) is 6.33 Å². The van der Waals surface area contributed by atoms with E-state index in [2.05, 4.69) is 32.1 Å². The van der Waals surface area contributed by atoms with Crippen LogP contribution in [0.1, 0.15) is 32.0 Å². The number of anilines is 3. The molecule has 2 aliphatic rings. The second kappa shape index (κ2) is 11.0. The molecule has 4 aromatic rings. The zero-order valence-electron chi connectivity index (χ0n) is 23.6. The molecule has 3 N–H and O–H groups in total. The molecule has 6 rings (SSSR count). The highest BCUT2D eigenvalue weighted by Crippen LogP contribution is 2.51. The fourth-order valence-corrected chi connectivity index (χ4v) is 5.41. The monoisotopic (exact) mass is 582 g/mol. The van der Waals surface area contributed by atoms with Crippen molar-refractivity contribution in [1.82, 2.24) is 19.9 Å². The molecule has 1 saturated heterocycles. The van der Waals surface area contributed by atoms with Crippen molar-refractivity contribution in [3.63, 3.8) is 0 Å². The molecule has 10 heteroatoms. The molecular formula is C32H31ClN6O3. The predicted molar refractivity (Wildman–Crippen MR) is 162 cm³/mol. The van der Waals surface area contributed by atoms with Crippen molar-refractivity contribution in [2.45, 2.75) is 33.0 Å². The van der Waals surface area contributed by atoms with E-state index >= 15 is 0 Å². The van der Waals surface area contributed by atoms with Gasteiger partial charge >= 0.3 is 6.09 Å². The van der Waals surface area contributed by atoms with E-state index in [0.717, 1.165) is 27.8 Å². The van der Waals surface area contributed by atoms with Crippen LogP contribution in [0.25, 0.3) is 10.9 Å². The number of carbonyl (C=O) groups is 1. The van der Waals surface area contributed by atoms with Gasteiger partial charge < -0.3 is 25.4 Å². The van der Waals surface area contributed by atoms with Gasteiger partial charge in [0.25, 0.3) is 0 Å². The quantitative estimate of drug-likeness (QED) is 0.216. The van der Waals surface area contributed by atoms with E-state index in [-0.39, 0.29) is 12.0 Å². The van der Waals surface area contributed by atoms with Crippen LogP contribution in [0, 0.1) is 29.6 Å². The van der Waals surface area contributed by atoms with E-state index in [4.69, 9.17) is 26.8 Å². The van der Waals surface area contributed by atoms with E-state index in [0.29, 0.717) is 53.8 Å². The summed E-state index contributed by atoms with van der Waals surface area (Å²) in [5, 5.41) is 4.54. The Bertz CT molecular complexity index is 1700. The number of pyridine rings is 1. The van der Waals surface area contributed by atoms with Crippen LogP contribution in [0.3, 0.4) is 0 Å². The highest BCUT2D eigenvalue weighted by atomic mass is 35.5. The largest absolute Gasteiger partial charge is 0.486 e. The number of nitrogens with zero attached hydrogens (tertiary/aromatic N) is 4. The lowest BCUT2D eigenvalue weighted by Crippen LogP contribution is -2.37. The van der Waals surface area contributed by atoms with Crippen molar-refractivity contribution < 1.29 is 14.3 Å². The SMILES string of the molecule is CC(C)(C)OC(=O)N1C[C@@H]2C(C#Cc3cc4ncnc(Nc5ccc(OCc6ccccn6)c(Cl)c5)c4cc3N)[C@@H]2C1. The average Bonchev–Trinajstić information content (AvgIpc) is 3.38. The summed E-state index contributed by atoms with van der Waals surface area (Å²) < 4.78 is 11.3. The van der Waals surface area contributed by atoms with E-state index in [1.807, 2.05) is 57.2 Å². The Balaban J connectivity index is 1.12. The van der Waals surface area contributed by atoms with Gasteiger partial charge in [-0.25, -0.2) is 14.8 Å².